The van der Waals surface area contributed by atoms with Crippen LogP contribution in [0.2, 0.25) is 0 Å². The van der Waals surface area contributed by atoms with Crippen molar-refractivity contribution in [3.05, 3.63) is 103 Å². The maximum absolute atomic E-state index is 6.05. The Hall–Kier alpha value is -4.59. The minimum absolute atomic E-state index is 0.231. The summed E-state index contributed by atoms with van der Waals surface area (Å²) in [6, 6.07) is 33.3. The Morgan fingerprint density at radius 1 is 0.550 bits per heavy atom. The molecule has 0 amide bonds. The third kappa shape index (κ3) is 6.17. The molecule has 2 aliphatic rings. The van der Waals surface area contributed by atoms with Crippen LogP contribution in [0.1, 0.15) is 0 Å². The van der Waals surface area contributed by atoms with E-state index in [0.717, 1.165) is 46.6 Å². The summed E-state index contributed by atoms with van der Waals surface area (Å²) < 4.78 is 34.0. The largest absolute Gasteiger partial charge is 0.491 e. The Morgan fingerprint density at radius 2 is 1.02 bits per heavy atom. The van der Waals surface area contributed by atoms with Crippen molar-refractivity contribution in [2.24, 2.45) is 0 Å². The van der Waals surface area contributed by atoms with Gasteiger partial charge in [-0.05, 0) is 70.4 Å². The molecule has 3 heterocycles. The van der Waals surface area contributed by atoms with Crippen LogP contribution in [-0.4, -0.2) is 43.6 Å². The van der Waals surface area contributed by atoms with Crippen LogP contribution in [0, 0.1) is 0 Å². The van der Waals surface area contributed by atoms with Crippen LogP contribution in [0.3, 0.4) is 0 Å². The average molecular weight is 534 g/mol. The highest BCUT2D eigenvalue weighted by atomic mass is 16.6. The SMILES string of the molecule is c1cc(Oc2ccc(-c3ccc(OCC4CO4)cc3)cc2)nc(Oc2ccc3cc(OCC4CO4)ccc3c2)c1. The van der Waals surface area contributed by atoms with Crippen LogP contribution in [0.5, 0.6) is 34.8 Å². The van der Waals surface area contributed by atoms with Crippen molar-refractivity contribution in [1.82, 2.24) is 4.98 Å². The van der Waals surface area contributed by atoms with Crippen molar-refractivity contribution < 1.29 is 28.4 Å². The molecular weight excluding hydrogens is 506 g/mol. The van der Waals surface area contributed by atoms with Crippen molar-refractivity contribution in [1.29, 1.82) is 0 Å². The minimum atomic E-state index is 0.231. The minimum Gasteiger partial charge on any atom is -0.491 e. The van der Waals surface area contributed by atoms with Crippen LogP contribution in [-0.2, 0) is 9.47 Å². The molecule has 0 N–H and O–H groups in total. The third-order valence-electron chi connectivity index (χ3n) is 6.64. The van der Waals surface area contributed by atoms with Crippen LogP contribution >= 0.6 is 0 Å². The summed E-state index contributed by atoms with van der Waals surface area (Å²) in [6.45, 7) is 2.76. The van der Waals surface area contributed by atoms with Gasteiger partial charge in [-0.15, -0.1) is 0 Å². The summed E-state index contributed by atoms with van der Waals surface area (Å²) in [7, 11) is 0. The number of hydrogen-bond acceptors (Lipinski definition) is 7. The summed E-state index contributed by atoms with van der Waals surface area (Å²) in [5, 5.41) is 2.12. The zero-order chi connectivity index (χ0) is 26.7. The molecule has 40 heavy (non-hydrogen) atoms. The quantitative estimate of drug-likeness (QED) is 0.169. The van der Waals surface area contributed by atoms with E-state index in [9.17, 15) is 0 Å². The Bertz CT molecular complexity index is 1610. The number of rotatable bonds is 11. The number of ether oxygens (including phenoxy) is 6. The van der Waals surface area contributed by atoms with Gasteiger partial charge in [-0.25, -0.2) is 0 Å². The molecule has 4 aromatic carbocycles. The van der Waals surface area contributed by atoms with E-state index >= 15 is 0 Å². The molecule has 0 spiro atoms. The molecule has 1 aromatic heterocycles. The fraction of sp³-hybridized carbons (Fsp3) is 0.182. The standard InChI is InChI=1S/C33H27NO6/c1-2-32(39-27-12-6-23(7-13-27)22-4-10-26(11-5-22)35-18-30-20-37-30)34-33(3-1)40-29-15-9-24-16-28(14-8-25(24)17-29)36-19-31-21-38-31/h1-17,30-31H,18-21H2. The molecule has 200 valence electrons. The second-order valence-electron chi connectivity index (χ2n) is 9.77. The fourth-order valence-electron chi connectivity index (χ4n) is 4.27. The molecule has 0 radical (unpaired) electrons. The molecule has 2 aliphatic heterocycles. The average Bonchev–Trinajstić information content (AvgIpc) is 3.92. The van der Waals surface area contributed by atoms with Crippen molar-refractivity contribution in [2.75, 3.05) is 26.4 Å². The summed E-state index contributed by atoms with van der Waals surface area (Å²) in [5.41, 5.74) is 2.18. The maximum atomic E-state index is 6.05. The molecule has 0 bridgehead atoms. The first kappa shape index (κ1) is 24.5. The number of epoxide rings is 2. The van der Waals surface area contributed by atoms with Gasteiger partial charge in [0.2, 0.25) is 11.8 Å². The van der Waals surface area contributed by atoms with E-state index in [1.807, 2.05) is 97.1 Å². The first-order valence-electron chi connectivity index (χ1n) is 13.3. The Morgan fingerprint density at radius 3 is 1.62 bits per heavy atom. The van der Waals surface area contributed by atoms with E-state index in [1.165, 1.54) is 0 Å². The lowest BCUT2D eigenvalue weighted by Gasteiger charge is -2.10. The number of nitrogens with zero attached hydrogens (tertiary/aromatic N) is 1. The van der Waals surface area contributed by atoms with Gasteiger partial charge in [-0.1, -0.05) is 42.5 Å². The zero-order valence-electron chi connectivity index (χ0n) is 21.7. The predicted octanol–water partition coefficient (Wildman–Crippen LogP) is 7.04. The molecule has 0 saturated carbocycles. The van der Waals surface area contributed by atoms with Crippen LogP contribution in [0.4, 0.5) is 0 Å². The highest BCUT2D eigenvalue weighted by molar-refractivity contribution is 5.85. The van der Waals surface area contributed by atoms with E-state index in [0.29, 0.717) is 36.5 Å². The van der Waals surface area contributed by atoms with Crippen molar-refractivity contribution in [3.8, 4) is 45.9 Å². The number of pyridine rings is 1. The Balaban J connectivity index is 0.978. The molecule has 2 atom stereocenters. The van der Waals surface area contributed by atoms with Crippen molar-refractivity contribution in [2.45, 2.75) is 12.2 Å². The van der Waals surface area contributed by atoms with Gasteiger partial charge in [0.1, 0.15) is 48.4 Å². The molecule has 0 aliphatic carbocycles. The topological polar surface area (TPSA) is 74.9 Å². The van der Waals surface area contributed by atoms with E-state index < -0.39 is 0 Å². The number of fused-ring (bicyclic) bond motifs is 1. The lowest BCUT2D eigenvalue weighted by atomic mass is 10.1. The highest BCUT2D eigenvalue weighted by Crippen LogP contribution is 2.30. The van der Waals surface area contributed by atoms with Crippen LogP contribution in [0.15, 0.2) is 103 Å². The third-order valence-corrected chi connectivity index (χ3v) is 6.64. The van der Waals surface area contributed by atoms with Crippen molar-refractivity contribution >= 4 is 10.8 Å². The molecule has 2 fully saturated rings. The number of hydrogen-bond donors (Lipinski definition) is 0. The monoisotopic (exact) mass is 533 g/mol. The lowest BCUT2D eigenvalue weighted by Crippen LogP contribution is -2.03. The van der Waals surface area contributed by atoms with E-state index in [-0.39, 0.29) is 12.2 Å². The van der Waals surface area contributed by atoms with Crippen molar-refractivity contribution in [3.63, 3.8) is 0 Å². The molecule has 2 unspecified atom stereocenters. The smallest absolute Gasteiger partial charge is 0.222 e. The first-order chi connectivity index (χ1) is 19.7. The zero-order valence-corrected chi connectivity index (χ0v) is 21.7. The van der Waals surface area contributed by atoms with Gasteiger partial charge in [-0.3, -0.25) is 0 Å². The summed E-state index contributed by atoms with van der Waals surface area (Å²) in [4.78, 5) is 4.53. The fourth-order valence-corrected chi connectivity index (χ4v) is 4.27. The second kappa shape index (κ2) is 10.9. The van der Waals surface area contributed by atoms with Gasteiger partial charge < -0.3 is 28.4 Å². The van der Waals surface area contributed by atoms with Gasteiger partial charge >= 0.3 is 0 Å². The molecule has 2 saturated heterocycles. The summed E-state index contributed by atoms with van der Waals surface area (Å²) in [5.74, 6) is 3.96. The van der Waals surface area contributed by atoms with Gasteiger partial charge in [-0.2, -0.15) is 4.98 Å². The summed E-state index contributed by atoms with van der Waals surface area (Å²) >= 11 is 0. The van der Waals surface area contributed by atoms with Gasteiger partial charge in [0.05, 0.1) is 13.2 Å². The molecule has 5 aromatic rings. The van der Waals surface area contributed by atoms with Gasteiger partial charge in [0.25, 0.3) is 0 Å². The van der Waals surface area contributed by atoms with E-state index in [1.54, 1.807) is 6.07 Å². The Kier molecular flexibility index (Phi) is 6.65. The molecule has 7 rings (SSSR count). The van der Waals surface area contributed by atoms with Crippen LogP contribution < -0.4 is 18.9 Å². The molecule has 7 nitrogen and oxygen atoms in total. The number of aromatic nitrogens is 1. The van der Waals surface area contributed by atoms with Crippen LogP contribution in [0.25, 0.3) is 21.9 Å². The second-order valence-corrected chi connectivity index (χ2v) is 9.77. The summed E-state index contributed by atoms with van der Waals surface area (Å²) in [6.07, 6.45) is 0.476. The highest BCUT2D eigenvalue weighted by Gasteiger charge is 2.23. The lowest BCUT2D eigenvalue weighted by molar-refractivity contribution is 0.263. The molecule has 7 heteroatoms. The molecular formula is C33H27NO6. The van der Waals surface area contributed by atoms with Gasteiger partial charge in [0, 0.05) is 12.1 Å². The Labute approximate surface area is 231 Å². The van der Waals surface area contributed by atoms with Gasteiger partial charge in [0.15, 0.2) is 0 Å². The van der Waals surface area contributed by atoms with E-state index in [4.69, 9.17) is 28.4 Å². The first-order valence-corrected chi connectivity index (χ1v) is 13.3. The normalized spacial score (nSPS) is 17.3. The maximum Gasteiger partial charge on any atom is 0.222 e. The number of benzene rings is 4. The van der Waals surface area contributed by atoms with E-state index in [2.05, 4.69) is 4.98 Å². The predicted molar refractivity (Wildman–Crippen MR) is 151 cm³/mol.